The molecule has 3 aromatic rings. The lowest BCUT2D eigenvalue weighted by atomic mass is 10.3. The second kappa shape index (κ2) is 7.99. The number of hydrogen-bond donors (Lipinski definition) is 1. The zero-order chi connectivity index (χ0) is 17.8. The molecule has 4 nitrogen and oxygen atoms in total. The van der Waals surface area contributed by atoms with E-state index in [1.165, 1.54) is 0 Å². The predicted molar refractivity (Wildman–Crippen MR) is 102 cm³/mol. The number of benzene rings is 2. The fourth-order valence-electron chi connectivity index (χ4n) is 2.12. The Morgan fingerprint density at radius 2 is 1.80 bits per heavy atom. The maximum Gasteiger partial charge on any atom is 0.291 e. The minimum atomic E-state index is -1.28. The number of nitrogens with one attached hydrogen (secondary N) is 1. The molecule has 1 unspecified atom stereocenters. The van der Waals surface area contributed by atoms with Crippen LogP contribution in [0.4, 0.5) is 5.69 Å². The van der Waals surface area contributed by atoms with E-state index in [0.29, 0.717) is 21.4 Å². The van der Waals surface area contributed by atoms with Gasteiger partial charge in [0.25, 0.3) is 5.91 Å². The average Bonchev–Trinajstić information content (AvgIpc) is 3.06. The molecule has 1 heterocycles. The molecule has 0 aliphatic rings. The Labute approximate surface area is 160 Å². The van der Waals surface area contributed by atoms with Crippen LogP contribution in [0, 0.1) is 0 Å². The first-order chi connectivity index (χ1) is 12.0. The van der Waals surface area contributed by atoms with Crippen molar-refractivity contribution in [3.05, 3.63) is 81.7 Å². The molecule has 0 aliphatic carbocycles. The number of carbonyl (C=O) groups excluding carboxylic acids is 1. The number of hydrogen-bond acceptors (Lipinski definition) is 3. The Morgan fingerprint density at radius 3 is 2.52 bits per heavy atom. The number of anilines is 1. The molecule has 1 atom stereocenters. The van der Waals surface area contributed by atoms with Crippen LogP contribution in [0.2, 0.25) is 5.02 Å². The summed E-state index contributed by atoms with van der Waals surface area (Å²) in [5.74, 6) is 0.462. The molecule has 2 aromatic carbocycles. The molecule has 0 aliphatic heterocycles. The van der Waals surface area contributed by atoms with Crippen LogP contribution in [0.3, 0.4) is 0 Å². The maximum atomic E-state index is 12.3. The molecule has 0 spiro atoms. The van der Waals surface area contributed by atoms with Crippen molar-refractivity contribution in [3.63, 3.8) is 0 Å². The van der Waals surface area contributed by atoms with Crippen LogP contribution in [0.1, 0.15) is 16.3 Å². The van der Waals surface area contributed by atoms with Gasteiger partial charge < -0.3 is 9.73 Å². The van der Waals surface area contributed by atoms with Crippen molar-refractivity contribution in [1.29, 1.82) is 0 Å². The highest BCUT2D eigenvalue weighted by Crippen LogP contribution is 2.23. The zero-order valence-corrected chi connectivity index (χ0v) is 16.0. The molecule has 1 aromatic heterocycles. The molecule has 0 fully saturated rings. The van der Waals surface area contributed by atoms with E-state index in [2.05, 4.69) is 21.2 Å². The highest BCUT2D eigenvalue weighted by atomic mass is 79.9. The lowest BCUT2D eigenvalue weighted by Gasteiger charge is -2.05. The molecule has 3 rings (SSSR count). The van der Waals surface area contributed by atoms with E-state index in [1.54, 1.807) is 42.5 Å². The molecule has 1 amide bonds. The molecule has 0 bridgehead atoms. The Bertz CT molecular complexity index is 924. The van der Waals surface area contributed by atoms with Crippen LogP contribution >= 0.6 is 27.5 Å². The van der Waals surface area contributed by atoms with Crippen LogP contribution in [-0.4, -0.2) is 10.1 Å². The van der Waals surface area contributed by atoms with Gasteiger partial charge >= 0.3 is 0 Å². The number of para-hydroxylation sites is 1. The third-order valence-corrected chi connectivity index (χ3v) is 5.65. The number of furan rings is 1. The lowest BCUT2D eigenvalue weighted by Crippen LogP contribution is -2.11. The first-order valence-electron chi connectivity index (χ1n) is 7.31. The van der Waals surface area contributed by atoms with Crippen LogP contribution in [-0.2, 0) is 16.6 Å². The quantitative estimate of drug-likeness (QED) is 0.591. The van der Waals surface area contributed by atoms with Gasteiger partial charge in [0, 0.05) is 14.4 Å². The molecule has 128 valence electrons. The summed E-state index contributed by atoms with van der Waals surface area (Å²) in [6, 6.07) is 17.3. The van der Waals surface area contributed by atoms with Crippen molar-refractivity contribution in [2.45, 2.75) is 10.6 Å². The van der Waals surface area contributed by atoms with Gasteiger partial charge in [-0.25, -0.2) is 0 Å². The molecular formula is C18H13BrClNO3S. The van der Waals surface area contributed by atoms with E-state index in [9.17, 15) is 9.00 Å². The topological polar surface area (TPSA) is 59.3 Å². The van der Waals surface area contributed by atoms with E-state index >= 15 is 0 Å². The summed E-state index contributed by atoms with van der Waals surface area (Å²) in [5.41, 5.74) is 0.648. The third-order valence-electron chi connectivity index (χ3n) is 3.36. The molecule has 7 heteroatoms. The summed E-state index contributed by atoms with van der Waals surface area (Å²) in [5, 5.41) is 3.35. The Kier molecular flexibility index (Phi) is 5.73. The summed E-state index contributed by atoms with van der Waals surface area (Å²) < 4.78 is 18.6. The Morgan fingerprint density at radius 1 is 1.08 bits per heavy atom. The van der Waals surface area contributed by atoms with Gasteiger partial charge in [-0.2, -0.15) is 0 Å². The van der Waals surface area contributed by atoms with Crippen molar-refractivity contribution in [2.75, 3.05) is 5.32 Å². The lowest BCUT2D eigenvalue weighted by molar-refractivity contribution is 0.0995. The first kappa shape index (κ1) is 17.9. The van der Waals surface area contributed by atoms with Gasteiger partial charge in [0.2, 0.25) is 0 Å². The molecule has 25 heavy (non-hydrogen) atoms. The molecule has 0 radical (unpaired) electrons. The van der Waals surface area contributed by atoms with Crippen molar-refractivity contribution in [3.8, 4) is 0 Å². The SMILES string of the molecule is O=C(Nc1ccccc1Br)c1ccc(CS(=O)c2ccc(Cl)cc2)o1. The standard InChI is InChI=1S/C18H13BrClNO3S/c19-15-3-1-2-4-16(15)21-18(22)17-10-7-13(24-17)11-25(23)14-8-5-12(20)6-9-14/h1-10H,11H2,(H,21,22). The highest BCUT2D eigenvalue weighted by molar-refractivity contribution is 9.10. The van der Waals surface area contributed by atoms with Gasteiger partial charge in [0.1, 0.15) is 5.76 Å². The molecule has 1 N–H and O–H groups in total. The van der Waals surface area contributed by atoms with Crippen LogP contribution in [0.15, 0.2) is 74.4 Å². The number of amides is 1. The van der Waals surface area contributed by atoms with E-state index in [4.69, 9.17) is 16.0 Å². The fraction of sp³-hybridized carbons (Fsp3) is 0.0556. The van der Waals surface area contributed by atoms with Gasteiger partial charge in [-0.05, 0) is 64.5 Å². The Balaban J connectivity index is 1.67. The zero-order valence-electron chi connectivity index (χ0n) is 12.9. The molecule has 0 saturated carbocycles. The summed E-state index contributed by atoms with van der Waals surface area (Å²) in [4.78, 5) is 12.9. The summed E-state index contributed by atoms with van der Waals surface area (Å²) >= 11 is 9.20. The largest absolute Gasteiger partial charge is 0.455 e. The second-order valence-electron chi connectivity index (χ2n) is 5.14. The molecule has 0 saturated heterocycles. The van der Waals surface area contributed by atoms with Crippen molar-refractivity contribution in [2.24, 2.45) is 0 Å². The number of rotatable bonds is 5. The molecular weight excluding hydrogens is 426 g/mol. The van der Waals surface area contributed by atoms with Crippen LogP contribution in [0.25, 0.3) is 0 Å². The first-order valence-corrected chi connectivity index (χ1v) is 9.80. The second-order valence-corrected chi connectivity index (χ2v) is 7.89. The van der Waals surface area contributed by atoms with Gasteiger partial charge in [0.15, 0.2) is 5.76 Å². The minimum absolute atomic E-state index is 0.166. The van der Waals surface area contributed by atoms with Gasteiger partial charge in [0.05, 0.1) is 22.2 Å². The third kappa shape index (κ3) is 4.60. The Hall–Kier alpha value is -1.89. The fourth-order valence-corrected chi connectivity index (χ4v) is 3.65. The van der Waals surface area contributed by atoms with E-state index < -0.39 is 10.8 Å². The van der Waals surface area contributed by atoms with Gasteiger partial charge in [-0.3, -0.25) is 9.00 Å². The normalized spacial score (nSPS) is 11.9. The highest BCUT2D eigenvalue weighted by Gasteiger charge is 2.14. The van der Waals surface area contributed by atoms with Crippen molar-refractivity contribution < 1.29 is 13.4 Å². The van der Waals surface area contributed by atoms with Crippen LogP contribution < -0.4 is 5.32 Å². The van der Waals surface area contributed by atoms with Gasteiger partial charge in [-0.15, -0.1) is 0 Å². The number of halogens is 2. The monoisotopic (exact) mass is 437 g/mol. The van der Waals surface area contributed by atoms with Crippen molar-refractivity contribution in [1.82, 2.24) is 0 Å². The predicted octanol–water partition coefficient (Wildman–Crippen LogP) is 5.26. The van der Waals surface area contributed by atoms with Crippen molar-refractivity contribution >= 4 is 49.9 Å². The maximum absolute atomic E-state index is 12.3. The van der Waals surface area contributed by atoms with E-state index in [1.807, 2.05) is 18.2 Å². The average molecular weight is 439 g/mol. The summed E-state index contributed by atoms with van der Waals surface area (Å²) in [6.45, 7) is 0. The minimum Gasteiger partial charge on any atom is -0.455 e. The number of carbonyl (C=O) groups is 1. The van der Waals surface area contributed by atoms with E-state index in [-0.39, 0.29) is 17.4 Å². The smallest absolute Gasteiger partial charge is 0.291 e. The summed E-state index contributed by atoms with van der Waals surface area (Å²) in [6.07, 6.45) is 0. The van der Waals surface area contributed by atoms with Crippen LogP contribution in [0.5, 0.6) is 0 Å². The summed E-state index contributed by atoms with van der Waals surface area (Å²) in [7, 11) is -1.28. The van der Waals surface area contributed by atoms with Gasteiger partial charge in [-0.1, -0.05) is 23.7 Å². The van der Waals surface area contributed by atoms with E-state index in [0.717, 1.165) is 4.47 Å².